The summed E-state index contributed by atoms with van der Waals surface area (Å²) < 4.78 is 5.52. The number of rotatable bonds is 4. The maximum atomic E-state index is 10.9. The van der Waals surface area contributed by atoms with E-state index in [-0.39, 0.29) is 18.0 Å². The molecule has 0 aliphatic heterocycles. The van der Waals surface area contributed by atoms with Gasteiger partial charge in [-0.05, 0) is 24.6 Å². The first kappa shape index (κ1) is 13.6. The van der Waals surface area contributed by atoms with Crippen molar-refractivity contribution < 1.29 is 9.66 Å². The van der Waals surface area contributed by atoms with Crippen LogP contribution in [0.25, 0.3) is 0 Å². The van der Waals surface area contributed by atoms with Crippen molar-refractivity contribution in [2.75, 3.05) is 0 Å². The van der Waals surface area contributed by atoms with E-state index in [1.807, 2.05) is 6.92 Å². The Morgan fingerprint density at radius 3 is 2.75 bits per heavy atom. The Labute approximate surface area is 116 Å². The lowest BCUT2D eigenvalue weighted by Gasteiger charge is -2.08. The first-order valence-electron chi connectivity index (χ1n) is 5.97. The lowest BCUT2D eigenvalue weighted by Crippen LogP contribution is -2.01. The van der Waals surface area contributed by atoms with Crippen molar-refractivity contribution in [1.29, 1.82) is 5.26 Å². The molecule has 0 bridgehead atoms. The molecule has 5 nitrogen and oxygen atoms in total. The molecular formula is C15H12N2O3. The Hall–Kier alpha value is -2.87. The van der Waals surface area contributed by atoms with Gasteiger partial charge in [-0.1, -0.05) is 24.3 Å². The van der Waals surface area contributed by atoms with E-state index in [0.29, 0.717) is 11.1 Å². The van der Waals surface area contributed by atoms with Crippen molar-refractivity contribution in [3.05, 3.63) is 69.3 Å². The fraction of sp³-hybridized carbons (Fsp3) is 0.133. The van der Waals surface area contributed by atoms with Crippen molar-refractivity contribution in [3.8, 4) is 11.8 Å². The van der Waals surface area contributed by atoms with Crippen LogP contribution in [0.3, 0.4) is 0 Å². The van der Waals surface area contributed by atoms with E-state index >= 15 is 0 Å². The van der Waals surface area contributed by atoms with Crippen LogP contribution in [0.5, 0.6) is 5.75 Å². The molecule has 0 aliphatic rings. The molecule has 0 N–H and O–H groups in total. The van der Waals surface area contributed by atoms with Crippen LogP contribution in [0.15, 0.2) is 42.5 Å². The number of benzene rings is 2. The Kier molecular flexibility index (Phi) is 3.96. The van der Waals surface area contributed by atoms with Crippen LogP contribution in [0, 0.1) is 28.4 Å². The first-order valence-corrected chi connectivity index (χ1v) is 5.97. The summed E-state index contributed by atoms with van der Waals surface area (Å²) in [5.74, 6) is 0.211. The molecule has 20 heavy (non-hydrogen) atoms. The van der Waals surface area contributed by atoms with Gasteiger partial charge in [-0.15, -0.1) is 0 Å². The van der Waals surface area contributed by atoms with Gasteiger partial charge in [0, 0.05) is 11.6 Å². The minimum Gasteiger partial charge on any atom is -0.482 e. The average Bonchev–Trinajstić information content (AvgIpc) is 2.45. The van der Waals surface area contributed by atoms with Crippen LogP contribution in [-0.4, -0.2) is 4.92 Å². The Bertz CT molecular complexity index is 690. The quantitative estimate of drug-likeness (QED) is 0.629. The van der Waals surface area contributed by atoms with E-state index in [2.05, 4.69) is 6.07 Å². The summed E-state index contributed by atoms with van der Waals surface area (Å²) in [6.07, 6.45) is 0. The molecule has 2 aromatic rings. The molecule has 0 saturated carbocycles. The van der Waals surface area contributed by atoms with Crippen LogP contribution < -0.4 is 4.74 Å². The van der Waals surface area contributed by atoms with Crippen LogP contribution >= 0.6 is 0 Å². The first-order chi connectivity index (χ1) is 9.61. The SMILES string of the molecule is Cc1ccc([N+](=O)[O-])c(OCc2ccccc2C#N)c1. The highest BCUT2D eigenvalue weighted by atomic mass is 16.6. The summed E-state index contributed by atoms with van der Waals surface area (Å²) >= 11 is 0. The molecule has 0 amide bonds. The van der Waals surface area contributed by atoms with Crippen LogP contribution in [0.4, 0.5) is 5.69 Å². The second-order valence-electron chi connectivity index (χ2n) is 4.29. The predicted octanol–water partition coefficient (Wildman–Crippen LogP) is 3.35. The third-order valence-corrected chi connectivity index (χ3v) is 2.83. The summed E-state index contributed by atoms with van der Waals surface area (Å²) in [6.45, 7) is 1.95. The lowest BCUT2D eigenvalue weighted by atomic mass is 10.1. The van der Waals surface area contributed by atoms with Crippen LogP contribution in [0.2, 0.25) is 0 Å². The topological polar surface area (TPSA) is 76.2 Å². The van der Waals surface area contributed by atoms with E-state index < -0.39 is 4.92 Å². The third-order valence-electron chi connectivity index (χ3n) is 2.83. The zero-order valence-corrected chi connectivity index (χ0v) is 10.9. The van der Waals surface area contributed by atoms with Crippen molar-refractivity contribution in [1.82, 2.24) is 0 Å². The smallest absolute Gasteiger partial charge is 0.310 e. The van der Waals surface area contributed by atoms with Crippen LogP contribution in [-0.2, 0) is 6.61 Å². The molecule has 0 spiro atoms. The fourth-order valence-electron chi connectivity index (χ4n) is 1.80. The third kappa shape index (κ3) is 2.93. The van der Waals surface area contributed by atoms with Gasteiger partial charge in [0.25, 0.3) is 0 Å². The molecule has 100 valence electrons. The van der Waals surface area contributed by atoms with E-state index in [1.165, 1.54) is 6.07 Å². The highest BCUT2D eigenvalue weighted by molar-refractivity contribution is 5.48. The Morgan fingerprint density at radius 1 is 1.30 bits per heavy atom. The van der Waals surface area contributed by atoms with E-state index in [4.69, 9.17) is 10.00 Å². The van der Waals surface area contributed by atoms with E-state index in [9.17, 15) is 10.1 Å². The molecule has 0 heterocycles. The number of ether oxygens (including phenoxy) is 1. The van der Waals surface area contributed by atoms with Crippen LogP contribution in [0.1, 0.15) is 16.7 Å². The van der Waals surface area contributed by atoms with Gasteiger partial charge in [0.05, 0.1) is 16.6 Å². The highest BCUT2D eigenvalue weighted by Gasteiger charge is 2.15. The molecule has 2 rings (SSSR count). The molecule has 0 aromatic heterocycles. The van der Waals surface area contributed by atoms with Gasteiger partial charge in [-0.25, -0.2) is 0 Å². The Balaban J connectivity index is 2.25. The number of nitrogens with zero attached hydrogens (tertiary/aromatic N) is 2. The average molecular weight is 268 g/mol. The number of nitro benzene ring substituents is 1. The van der Waals surface area contributed by atoms with Crippen molar-refractivity contribution in [2.24, 2.45) is 0 Å². The second kappa shape index (κ2) is 5.85. The summed E-state index contributed by atoms with van der Waals surface area (Å²) in [5.41, 5.74) is 2.00. The van der Waals surface area contributed by atoms with E-state index in [0.717, 1.165) is 5.56 Å². The molecular weight excluding hydrogens is 256 g/mol. The van der Waals surface area contributed by atoms with Gasteiger partial charge < -0.3 is 4.74 Å². The summed E-state index contributed by atoms with van der Waals surface area (Å²) in [5, 5.41) is 19.9. The maximum absolute atomic E-state index is 10.9. The maximum Gasteiger partial charge on any atom is 0.310 e. The predicted molar refractivity (Wildman–Crippen MR) is 73.3 cm³/mol. The lowest BCUT2D eigenvalue weighted by molar-refractivity contribution is -0.386. The highest BCUT2D eigenvalue weighted by Crippen LogP contribution is 2.28. The van der Waals surface area contributed by atoms with Gasteiger partial charge >= 0.3 is 5.69 Å². The molecule has 0 fully saturated rings. The number of hydrogen-bond acceptors (Lipinski definition) is 4. The monoisotopic (exact) mass is 268 g/mol. The fourth-order valence-corrected chi connectivity index (χ4v) is 1.80. The van der Waals surface area contributed by atoms with E-state index in [1.54, 1.807) is 36.4 Å². The standard InChI is InChI=1S/C15H12N2O3/c1-11-6-7-14(17(18)19)15(8-11)20-10-13-5-3-2-4-12(13)9-16/h2-8H,10H2,1H3. The minimum absolute atomic E-state index is 0.0787. The largest absolute Gasteiger partial charge is 0.482 e. The summed E-state index contributed by atoms with van der Waals surface area (Å²) in [7, 11) is 0. The summed E-state index contributed by atoms with van der Waals surface area (Å²) in [4.78, 5) is 10.5. The van der Waals surface area contributed by atoms with Gasteiger partial charge in [-0.2, -0.15) is 5.26 Å². The van der Waals surface area contributed by atoms with Gasteiger partial charge in [0.15, 0.2) is 5.75 Å². The molecule has 0 radical (unpaired) electrons. The summed E-state index contributed by atoms with van der Waals surface area (Å²) in [6, 6.07) is 13.8. The number of hydrogen-bond donors (Lipinski definition) is 0. The molecule has 0 atom stereocenters. The van der Waals surface area contributed by atoms with Crippen molar-refractivity contribution in [3.63, 3.8) is 0 Å². The number of nitriles is 1. The normalized spacial score (nSPS) is 9.80. The molecule has 2 aromatic carbocycles. The molecule has 5 heteroatoms. The zero-order chi connectivity index (χ0) is 14.5. The molecule has 0 unspecified atom stereocenters. The van der Waals surface area contributed by atoms with Gasteiger partial charge in [-0.3, -0.25) is 10.1 Å². The van der Waals surface area contributed by atoms with Crippen molar-refractivity contribution in [2.45, 2.75) is 13.5 Å². The van der Waals surface area contributed by atoms with Crippen molar-refractivity contribution >= 4 is 5.69 Å². The Morgan fingerprint density at radius 2 is 2.05 bits per heavy atom. The number of aryl methyl sites for hydroxylation is 1. The van der Waals surface area contributed by atoms with Gasteiger partial charge in [0.2, 0.25) is 0 Å². The molecule has 0 saturated heterocycles. The zero-order valence-electron chi connectivity index (χ0n) is 10.9. The number of nitro groups is 1. The molecule has 0 aliphatic carbocycles. The second-order valence-corrected chi connectivity index (χ2v) is 4.29. The minimum atomic E-state index is -0.481. The van der Waals surface area contributed by atoms with Gasteiger partial charge in [0.1, 0.15) is 6.61 Å².